The third-order valence-corrected chi connectivity index (χ3v) is 3.69. The zero-order chi connectivity index (χ0) is 12.7. The van der Waals surface area contributed by atoms with Gasteiger partial charge in [-0.15, -0.1) is 6.58 Å². The minimum absolute atomic E-state index is 0.0743. The zero-order valence-electron chi connectivity index (χ0n) is 10.1. The first kappa shape index (κ1) is 13.5. The average molecular weight is 230 g/mol. The number of allylic oxidation sites excluding steroid dienone is 1. The molecule has 0 aliphatic heterocycles. The molecule has 0 atom stereocenters. The van der Waals surface area contributed by atoms with E-state index in [9.17, 15) is 4.79 Å². The number of rotatable bonds is 5. The van der Waals surface area contributed by atoms with E-state index in [0.717, 1.165) is 19.3 Å². The Bertz CT molecular complexity index is 353. The summed E-state index contributed by atoms with van der Waals surface area (Å²) in [6.45, 7) is 3.60. The van der Waals surface area contributed by atoms with Crippen molar-refractivity contribution in [1.82, 2.24) is 0 Å². The van der Waals surface area contributed by atoms with Gasteiger partial charge in [0.25, 0.3) is 0 Å². The summed E-state index contributed by atoms with van der Waals surface area (Å²) in [6, 6.07) is 4.02. The van der Waals surface area contributed by atoms with E-state index in [0.29, 0.717) is 25.7 Å². The van der Waals surface area contributed by atoms with E-state index in [4.69, 9.17) is 10.5 Å². The van der Waals surface area contributed by atoms with Crippen LogP contribution in [0.1, 0.15) is 44.9 Å². The number of Topliss-reactive ketones (excluding diaryl/α,β-unsaturated/α-hetero) is 1. The molecule has 1 saturated carbocycles. The molecule has 0 radical (unpaired) electrons. The molecule has 1 aliphatic rings. The van der Waals surface area contributed by atoms with Crippen LogP contribution in [0.15, 0.2) is 12.7 Å². The van der Waals surface area contributed by atoms with Gasteiger partial charge in [-0.25, -0.2) is 0 Å². The predicted molar refractivity (Wildman–Crippen MR) is 64.7 cm³/mol. The fourth-order valence-electron chi connectivity index (χ4n) is 2.67. The number of carbonyl (C=O) groups excluding carboxylic acids is 1. The molecule has 0 unspecified atom stereocenters. The summed E-state index contributed by atoms with van der Waals surface area (Å²) in [5, 5.41) is 18.1. The van der Waals surface area contributed by atoms with Gasteiger partial charge in [0.15, 0.2) is 0 Å². The lowest BCUT2D eigenvalue weighted by Gasteiger charge is -2.36. The number of carbonyl (C=O) groups is 1. The summed E-state index contributed by atoms with van der Waals surface area (Å²) in [5.74, 6) is -0.717. The smallest absolute Gasteiger partial charge is 0.145 e. The van der Waals surface area contributed by atoms with Crippen molar-refractivity contribution < 1.29 is 4.79 Å². The molecule has 0 aromatic rings. The Balaban J connectivity index is 2.93. The third kappa shape index (κ3) is 2.74. The highest BCUT2D eigenvalue weighted by molar-refractivity contribution is 5.86. The van der Waals surface area contributed by atoms with Crippen LogP contribution in [0.5, 0.6) is 0 Å². The molecule has 1 fully saturated rings. The standard InChI is InChI=1S/C14H18N2O/c1-2-3-7-13(17)14(12(10-15)11-16)8-5-4-6-9-14/h2,12H,1,3-9H2. The predicted octanol–water partition coefficient (Wildman–Crippen LogP) is 3.14. The summed E-state index contributed by atoms with van der Waals surface area (Å²) in [6.07, 6.45) is 7.11. The van der Waals surface area contributed by atoms with Gasteiger partial charge >= 0.3 is 0 Å². The van der Waals surface area contributed by atoms with E-state index >= 15 is 0 Å². The molecule has 3 heteroatoms. The Kier molecular flexibility index (Phi) is 4.91. The molecule has 0 aromatic heterocycles. The van der Waals surface area contributed by atoms with Crippen LogP contribution in [0.4, 0.5) is 0 Å². The second-order valence-corrected chi connectivity index (χ2v) is 4.66. The van der Waals surface area contributed by atoms with Crippen molar-refractivity contribution in [3.05, 3.63) is 12.7 Å². The summed E-state index contributed by atoms with van der Waals surface area (Å²) in [5.41, 5.74) is -0.704. The van der Waals surface area contributed by atoms with Gasteiger partial charge in [0, 0.05) is 6.42 Å². The van der Waals surface area contributed by atoms with Crippen molar-refractivity contribution in [2.24, 2.45) is 11.3 Å². The molecule has 0 amide bonds. The maximum atomic E-state index is 12.3. The maximum absolute atomic E-state index is 12.3. The van der Waals surface area contributed by atoms with Crippen LogP contribution < -0.4 is 0 Å². The lowest BCUT2D eigenvalue weighted by molar-refractivity contribution is -0.131. The van der Waals surface area contributed by atoms with Crippen LogP contribution in [0, 0.1) is 34.0 Å². The van der Waals surface area contributed by atoms with Crippen LogP contribution in [-0.4, -0.2) is 5.78 Å². The molecule has 0 N–H and O–H groups in total. The second kappa shape index (κ2) is 6.21. The average Bonchev–Trinajstić information content (AvgIpc) is 2.38. The van der Waals surface area contributed by atoms with Gasteiger partial charge in [-0.3, -0.25) is 4.79 Å². The van der Waals surface area contributed by atoms with Crippen molar-refractivity contribution in [3.63, 3.8) is 0 Å². The number of hydrogen-bond donors (Lipinski definition) is 0. The molecule has 0 spiro atoms. The van der Waals surface area contributed by atoms with Gasteiger partial charge in [0.1, 0.15) is 11.7 Å². The van der Waals surface area contributed by atoms with E-state index in [1.807, 2.05) is 12.1 Å². The normalized spacial score (nSPS) is 18.1. The number of hydrogen-bond acceptors (Lipinski definition) is 3. The molecular weight excluding hydrogens is 212 g/mol. The van der Waals surface area contributed by atoms with Gasteiger partial charge in [-0.2, -0.15) is 10.5 Å². The van der Waals surface area contributed by atoms with Gasteiger partial charge < -0.3 is 0 Å². The summed E-state index contributed by atoms with van der Waals surface area (Å²) in [4.78, 5) is 12.3. The molecule has 0 bridgehead atoms. The Morgan fingerprint density at radius 2 is 1.88 bits per heavy atom. The Labute approximate surface area is 103 Å². The van der Waals surface area contributed by atoms with Crippen molar-refractivity contribution in [3.8, 4) is 12.1 Å². The number of nitrogens with zero attached hydrogens (tertiary/aromatic N) is 2. The van der Waals surface area contributed by atoms with Gasteiger partial charge in [0.2, 0.25) is 0 Å². The first-order valence-corrected chi connectivity index (χ1v) is 6.14. The van der Waals surface area contributed by atoms with Gasteiger partial charge in [-0.05, 0) is 19.3 Å². The molecule has 0 heterocycles. The summed E-state index contributed by atoms with van der Waals surface area (Å²) >= 11 is 0. The van der Waals surface area contributed by atoms with Crippen LogP contribution in [0.2, 0.25) is 0 Å². The van der Waals surface area contributed by atoms with E-state index < -0.39 is 11.3 Å². The SMILES string of the molecule is C=CCCC(=O)C1(C(C#N)C#N)CCCCC1. The van der Waals surface area contributed by atoms with Gasteiger partial charge in [-0.1, -0.05) is 25.3 Å². The molecule has 90 valence electrons. The molecule has 1 rings (SSSR count). The fraction of sp³-hybridized carbons (Fsp3) is 0.643. The fourth-order valence-corrected chi connectivity index (χ4v) is 2.67. The van der Waals surface area contributed by atoms with Gasteiger partial charge in [0.05, 0.1) is 17.6 Å². The summed E-state index contributed by atoms with van der Waals surface area (Å²) in [7, 11) is 0. The van der Waals surface area contributed by atoms with Crippen molar-refractivity contribution in [2.45, 2.75) is 44.9 Å². The highest BCUT2D eigenvalue weighted by atomic mass is 16.1. The van der Waals surface area contributed by atoms with Crippen LogP contribution in [0.3, 0.4) is 0 Å². The molecular formula is C14H18N2O. The molecule has 17 heavy (non-hydrogen) atoms. The first-order valence-electron chi connectivity index (χ1n) is 6.14. The lowest BCUT2D eigenvalue weighted by Crippen LogP contribution is -2.39. The third-order valence-electron chi connectivity index (χ3n) is 3.69. The molecule has 0 aromatic carbocycles. The maximum Gasteiger partial charge on any atom is 0.145 e. The minimum Gasteiger partial charge on any atom is -0.299 e. The monoisotopic (exact) mass is 230 g/mol. The van der Waals surface area contributed by atoms with E-state index in [-0.39, 0.29) is 5.78 Å². The molecule has 1 aliphatic carbocycles. The molecule has 0 saturated heterocycles. The van der Waals surface area contributed by atoms with E-state index in [1.54, 1.807) is 6.08 Å². The molecule has 3 nitrogen and oxygen atoms in total. The number of ketones is 1. The van der Waals surface area contributed by atoms with Crippen molar-refractivity contribution >= 4 is 5.78 Å². The first-order chi connectivity index (χ1) is 8.21. The zero-order valence-corrected chi connectivity index (χ0v) is 10.1. The van der Waals surface area contributed by atoms with E-state index in [2.05, 4.69) is 6.58 Å². The van der Waals surface area contributed by atoms with E-state index in [1.165, 1.54) is 0 Å². The quantitative estimate of drug-likeness (QED) is 0.681. The van der Waals surface area contributed by atoms with Crippen LogP contribution >= 0.6 is 0 Å². The number of nitriles is 2. The second-order valence-electron chi connectivity index (χ2n) is 4.66. The summed E-state index contributed by atoms with van der Waals surface area (Å²) < 4.78 is 0. The highest BCUT2D eigenvalue weighted by Crippen LogP contribution is 2.44. The topological polar surface area (TPSA) is 64.7 Å². The van der Waals surface area contributed by atoms with Crippen molar-refractivity contribution in [1.29, 1.82) is 10.5 Å². The Hall–Kier alpha value is -1.61. The highest BCUT2D eigenvalue weighted by Gasteiger charge is 2.45. The minimum atomic E-state index is -0.792. The Morgan fingerprint density at radius 1 is 1.29 bits per heavy atom. The van der Waals surface area contributed by atoms with Crippen LogP contribution in [0.25, 0.3) is 0 Å². The van der Waals surface area contributed by atoms with Crippen molar-refractivity contribution in [2.75, 3.05) is 0 Å². The largest absolute Gasteiger partial charge is 0.299 e. The Morgan fingerprint density at radius 3 is 2.35 bits per heavy atom. The van der Waals surface area contributed by atoms with Crippen LogP contribution in [-0.2, 0) is 4.79 Å². The lowest BCUT2D eigenvalue weighted by atomic mass is 9.63.